The fourth-order valence-electron chi connectivity index (χ4n) is 4.32. The molecule has 28 heavy (non-hydrogen) atoms. The number of carbonyl (C=O) groups is 2. The zero-order valence-electron chi connectivity index (χ0n) is 17.1. The lowest BCUT2D eigenvalue weighted by atomic mass is 9.66. The van der Waals surface area contributed by atoms with Gasteiger partial charge in [0.1, 0.15) is 11.7 Å². The Kier molecular flexibility index (Phi) is 5.64. The van der Waals surface area contributed by atoms with Crippen molar-refractivity contribution in [3.63, 3.8) is 0 Å². The predicted octanol–water partition coefficient (Wildman–Crippen LogP) is 4.11. The fourth-order valence-corrected chi connectivity index (χ4v) is 4.32. The van der Waals surface area contributed by atoms with Gasteiger partial charge in [0.15, 0.2) is 5.78 Å². The molecule has 3 rings (SSSR count). The Bertz CT molecular complexity index is 837. The number of ether oxygens (including phenoxy) is 2. The monoisotopic (exact) mass is 383 g/mol. The van der Waals surface area contributed by atoms with Crippen LogP contribution in [0.5, 0.6) is 5.75 Å². The Labute approximate surface area is 166 Å². The standard InChI is InChI=1S/C23H29NO4/c1-6-27-18-11-9-8-10-15(18)20-19(22(26)28-7-2)14(3)24-16-12-23(4,5)13-17(25)21(16)20/h8-11,19-20,24H,3,6-7,12-13H2,1-2,4-5H3. The molecule has 2 aliphatic rings. The molecule has 0 spiro atoms. The van der Waals surface area contributed by atoms with Crippen LogP contribution in [0.3, 0.4) is 0 Å². The number of rotatable bonds is 5. The summed E-state index contributed by atoms with van der Waals surface area (Å²) in [6, 6.07) is 7.61. The first-order valence-corrected chi connectivity index (χ1v) is 9.89. The highest BCUT2D eigenvalue weighted by Crippen LogP contribution is 2.49. The van der Waals surface area contributed by atoms with E-state index in [-0.39, 0.29) is 23.8 Å². The van der Waals surface area contributed by atoms with E-state index in [2.05, 4.69) is 25.7 Å². The Hall–Kier alpha value is -2.56. The molecule has 2 atom stereocenters. The topological polar surface area (TPSA) is 64.6 Å². The molecular formula is C23H29NO4. The van der Waals surface area contributed by atoms with Crippen molar-refractivity contribution in [2.24, 2.45) is 11.3 Å². The van der Waals surface area contributed by atoms with Crippen LogP contribution in [0.4, 0.5) is 0 Å². The zero-order valence-corrected chi connectivity index (χ0v) is 17.1. The SMILES string of the molecule is C=C1NC2=C(C(=O)CC(C)(C)C2)C(c2ccccc2OCC)C1C(=O)OCC. The van der Waals surface area contributed by atoms with Crippen LogP contribution in [0.15, 0.2) is 47.8 Å². The van der Waals surface area contributed by atoms with E-state index in [0.717, 1.165) is 17.7 Å². The van der Waals surface area contributed by atoms with Gasteiger partial charge in [-0.15, -0.1) is 0 Å². The summed E-state index contributed by atoms with van der Waals surface area (Å²) in [4.78, 5) is 26.1. The molecular weight excluding hydrogens is 354 g/mol. The van der Waals surface area contributed by atoms with Crippen molar-refractivity contribution in [3.8, 4) is 5.75 Å². The number of hydrogen-bond donors (Lipinski definition) is 1. The summed E-state index contributed by atoms with van der Waals surface area (Å²) in [5.74, 6) is -0.763. The van der Waals surface area contributed by atoms with Crippen LogP contribution < -0.4 is 10.1 Å². The van der Waals surface area contributed by atoms with Gasteiger partial charge in [-0.25, -0.2) is 0 Å². The molecule has 150 valence electrons. The number of para-hydroxylation sites is 1. The van der Waals surface area contributed by atoms with Crippen molar-refractivity contribution in [2.75, 3.05) is 13.2 Å². The first-order chi connectivity index (χ1) is 13.3. The lowest BCUT2D eigenvalue weighted by Crippen LogP contribution is -2.43. The van der Waals surface area contributed by atoms with Crippen LogP contribution in [0, 0.1) is 11.3 Å². The van der Waals surface area contributed by atoms with Crippen LogP contribution in [0.1, 0.15) is 52.0 Å². The molecule has 1 aliphatic carbocycles. The minimum absolute atomic E-state index is 0.0665. The smallest absolute Gasteiger partial charge is 0.315 e. The number of Topliss-reactive ketones (excluding diaryl/α,β-unsaturated/α-hetero) is 1. The summed E-state index contributed by atoms with van der Waals surface area (Å²) in [6.07, 6.45) is 1.18. The molecule has 5 heteroatoms. The van der Waals surface area contributed by atoms with Crippen molar-refractivity contribution < 1.29 is 19.1 Å². The van der Waals surface area contributed by atoms with Crippen molar-refractivity contribution in [3.05, 3.63) is 53.4 Å². The number of esters is 1. The van der Waals surface area contributed by atoms with Gasteiger partial charge in [0, 0.05) is 34.9 Å². The maximum Gasteiger partial charge on any atom is 0.315 e. The van der Waals surface area contributed by atoms with Gasteiger partial charge in [-0.1, -0.05) is 38.6 Å². The van der Waals surface area contributed by atoms with Crippen LogP contribution in [0.2, 0.25) is 0 Å². The number of nitrogens with one attached hydrogen (secondary N) is 1. The van der Waals surface area contributed by atoms with Crippen LogP contribution in [-0.2, 0) is 14.3 Å². The number of allylic oxidation sites excluding steroid dienone is 2. The molecule has 0 bridgehead atoms. The van der Waals surface area contributed by atoms with E-state index >= 15 is 0 Å². The highest BCUT2D eigenvalue weighted by Gasteiger charge is 2.47. The maximum absolute atomic E-state index is 13.2. The highest BCUT2D eigenvalue weighted by atomic mass is 16.5. The molecule has 0 radical (unpaired) electrons. The molecule has 2 unspecified atom stereocenters. The summed E-state index contributed by atoms with van der Waals surface area (Å²) in [5, 5.41) is 3.27. The normalized spacial score (nSPS) is 23.7. The second kappa shape index (κ2) is 7.82. The van der Waals surface area contributed by atoms with Crippen molar-refractivity contribution >= 4 is 11.8 Å². The maximum atomic E-state index is 13.2. The molecule has 1 N–H and O–H groups in total. The Balaban J connectivity index is 2.20. The van der Waals surface area contributed by atoms with Gasteiger partial charge < -0.3 is 14.8 Å². The van der Waals surface area contributed by atoms with Crippen molar-refractivity contribution in [2.45, 2.75) is 46.5 Å². The molecule has 1 aromatic carbocycles. The lowest BCUT2D eigenvalue weighted by Gasteiger charge is -2.42. The predicted molar refractivity (Wildman–Crippen MR) is 108 cm³/mol. The molecule has 0 saturated carbocycles. The quantitative estimate of drug-likeness (QED) is 0.775. The summed E-state index contributed by atoms with van der Waals surface area (Å²) in [7, 11) is 0. The number of hydrogen-bond acceptors (Lipinski definition) is 5. The van der Waals surface area contributed by atoms with Gasteiger partial charge in [-0.05, 0) is 31.7 Å². The zero-order chi connectivity index (χ0) is 20.5. The number of carbonyl (C=O) groups excluding carboxylic acids is 2. The molecule has 1 aliphatic heterocycles. The third-order valence-electron chi connectivity index (χ3n) is 5.35. The molecule has 1 heterocycles. The number of ketones is 1. The molecule has 0 amide bonds. The van der Waals surface area contributed by atoms with Gasteiger partial charge in [0.05, 0.1) is 13.2 Å². The summed E-state index contributed by atoms with van der Waals surface area (Å²) in [5.41, 5.74) is 2.79. The van der Waals surface area contributed by atoms with E-state index in [1.54, 1.807) is 6.92 Å². The van der Waals surface area contributed by atoms with Gasteiger partial charge in [-0.3, -0.25) is 9.59 Å². The summed E-state index contributed by atoms with van der Waals surface area (Å²) < 4.78 is 11.2. The van der Waals surface area contributed by atoms with E-state index in [4.69, 9.17) is 9.47 Å². The number of benzene rings is 1. The summed E-state index contributed by atoms with van der Waals surface area (Å²) in [6.45, 7) is 12.7. The largest absolute Gasteiger partial charge is 0.494 e. The van der Waals surface area contributed by atoms with Gasteiger partial charge in [0.2, 0.25) is 0 Å². The Morgan fingerprint density at radius 2 is 1.93 bits per heavy atom. The molecule has 0 aromatic heterocycles. The lowest BCUT2D eigenvalue weighted by molar-refractivity contribution is -0.147. The first-order valence-electron chi connectivity index (χ1n) is 9.89. The average Bonchev–Trinajstić information content (AvgIpc) is 2.60. The van der Waals surface area contributed by atoms with Gasteiger partial charge >= 0.3 is 5.97 Å². The van der Waals surface area contributed by atoms with E-state index in [1.807, 2.05) is 31.2 Å². The minimum atomic E-state index is -0.675. The van der Waals surface area contributed by atoms with Crippen LogP contribution >= 0.6 is 0 Å². The minimum Gasteiger partial charge on any atom is -0.494 e. The third-order valence-corrected chi connectivity index (χ3v) is 5.35. The van der Waals surface area contributed by atoms with E-state index in [0.29, 0.717) is 30.0 Å². The molecule has 1 aromatic rings. The van der Waals surface area contributed by atoms with E-state index < -0.39 is 11.8 Å². The summed E-state index contributed by atoms with van der Waals surface area (Å²) >= 11 is 0. The molecule has 0 saturated heterocycles. The molecule has 5 nitrogen and oxygen atoms in total. The fraction of sp³-hybridized carbons (Fsp3) is 0.478. The Morgan fingerprint density at radius 3 is 2.61 bits per heavy atom. The first kappa shape index (κ1) is 20.2. The van der Waals surface area contributed by atoms with Crippen LogP contribution in [-0.4, -0.2) is 25.0 Å². The van der Waals surface area contributed by atoms with Crippen LogP contribution in [0.25, 0.3) is 0 Å². The average molecular weight is 383 g/mol. The second-order valence-corrected chi connectivity index (χ2v) is 8.16. The second-order valence-electron chi connectivity index (χ2n) is 8.16. The third kappa shape index (κ3) is 3.71. The van der Waals surface area contributed by atoms with E-state index in [1.165, 1.54) is 0 Å². The van der Waals surface area contributed by atoms with E-state index in [9.17, 15) is 9.59 Å². The van der Waals surface area contributed by atoms with Crippen molar-refractivity contribution in [1.82, 2.24) is 5.32 Å². The van der Waals surface area contributed by atoms with Gasteiger partial charge in [0.25, 0.3) is 0 Å². The van der Waals surface area contributed by atoms with Crippen molar-refractivity contribution in [1.29, 1.82) is 0 Å². The molecule has 0 fully saturated rings. The highest BCUT2D eigenvalue weighted by molar-refractivity contribution is 6.01. The Morgan fingerprint density at radius 1 is 1.21 bits per heavy atom. The van der Waals surface area contributed by atoms with Gasteiger partial charge in [-0.2, -0.15) is 0 Å².